The lowest BCUT2D eigenvalue weighted by molar-refractivity contribution is -0.115. The molecule has 0 radical (unpaired) electrons. The second-order valence-electron chi connectivity index (χ2n) is 5.23. The molecule has 1 amide bonds. The fourth-order valence-electron chi connectivity index (χ4n) is 2.37. The van der Waals surface area contributed by atoms with Crippen LogP contribution in [0, 0.1) is 5.82 Å². The van der Waals surface area contributed by atoms with Crippen LogP contribution in [0.25, 0.3) is 0 Å². The number of amides is 1. The summed E-state index contributed by atoms with van der Waals surface area (Å²) >= 11 is 1.52. The van der Waals surface area contributed by atoms with Crippen LogP contribution in [0.2, 0.25) is 0 Å². The number of thiazole rings is 1. The van der Waals surface area contributed by atoms with Crippen molar-refractivity contribution in [1.29, 1.82) is 0 Å². The molecule has 0 fully saturated rings. The van der Waals surface area contributed by atoms with Crippen LogP contribution < -0.4 is 5.32 Å². The summed E-state index contributed by atoms with van der Waals surface area (Å²) < 4.78 is 13.1. The van der Waals surface area contributed by atoms with Crippen molar-refractivity contribution in [3.63, 3.8) is 0 Å². The van der Waals surface area contributed by atoms with Gasteiger partial charge in [0.1, 0.15) is 5.82 Å². The van der Waals surface area contributed by atoms with Gasteiger partial charge >= 0.3 is 0 Å². The summed E-state index contributed by atoms with van der Waals surface area (Å²) in [4.78, 5) is 19.9. The number of nitrogens with one attached hydrogen (secondary N) is 1. The molecule has 1 aliphatic rings. The molecule has 3 rings (SSSR count). The van der Waals surface area contributed by atoms with Crippen LogP contribution in [0.15, 0.2) is 24.3 Å². The van der Waals surface area contributed by atoms with Crippen LogP contribution in [0.3, 0.4) is 0 Å². The van der Waals surface area contributed by atoms with Gasteiger partial charge in [-0.25, -0.2) is 9.37 Å². The highest BCUT2D eigenvalue weighted by Gasteiger charge is 2.19. The Labute approximate surface area is 126 Å². The molecule has 110 valence electrons. The zero-order valence-electron chi connectivity index (χ0n) is 11.7. The number of carbonyl (C=O) groups is 1. The third-order valence-electron chi connectivity index (χ3n) is 3.42. The van der Waals surface area contributed by atoms with Crippen molar-refractivity contribution < 1.29 is 9.18 Å². The van der Waals surface area contributed by atoms with E-state index in [1.165, 1.54) is 28.3 Å². The summed E-state index contributed by atoms with van der Waals surface area (Å²) in [5, 5.41) is 3.45. The highest BCUT2D eigenvalue weighted by Crippen LogP contribution is 2.27. The Morgan fingerprint density at radius 1 is 1.52 bits per heavy atom. The van der Waals surface area contributed by atoms with E-state index in [1.54, 1.807) is 12.1 Å². The predicted octanol–water partition coefficient (Wildman–Crippen LogP) is 2.45. The third-order valence-corrected chi connectivity index (χ3v) is 4.42. The lowest BCUT2D eigenvalue weighted by atomic mass is 10.1. The summed E-state index contributed by atoms with van der Waals surface area (Å²) in [6.45, 7) is 1.88. The first kappa shape index (κ1) is 14.2. The first-order valence-electron chi connectivity index (χ1n) is 6.81. The van der Waals surface area contributed by atoms with Crippen molar-refractivity contribution in [3.8, 4) is 0 Å². The largest absolute Gasteiger partial charge is 0.302 e. The topological polar surface area (TPSA) is 45.2 Å². The van der Waals surface area contributed by atoms with Gasteiger partial charge in [-0.15, -0.1) is 11.3 Å². The molecule has 1 aliphatic heterocycles. The van der Waals surface area contributed by atoms with Crippen molar-refractivity contribution in [3.05, 3.63) is 46.2 Å². The first-order chi connectivity index (χ1) is 10.1. The van der Waals surface area contributed by atoms with Crippen LogP contribution in [0.5, 0.6) is 0 Å². The maximum absolute atomic E-state index is 13.1. The van der Waals surface area contributed by atoms with Gasteiger partial charge in [0.15, 0.2) is 5.13 Å². The van der Waals surface area contributed by atoms with Gasteiger partial charge < -0.3 is 10.2 Å². The van der Waals surface area contributed by atoms with Gasteiger partial charge in [0, 0.05) is 24.4 Å². The Balaban J connectivity index is 1.65. The maximum atomic E-state index is 13.1. The lowest BCUT2D eigenvalue weighted by Gasteiger charge is -2.20. The minimum absolute atomic E-state index is 0.155. The van der Waals surface area contributed by atoms with E-state index < -0.39 is 0 Å². The fraction of sp³-hybridized carbons (Fsp3) is 0.333. The van der Waals surface area contributed by atoms with E-state index >= 15 is 0 Å². The molecule has 1 aromatic carbocycles. The molecule has 0 aliphatic carbocycles. The molecule has 1 aromatic heterocycles. The Morgan fingerprint density at radius 3 is 3.19 bits per heavy atom. The number of benzene rings is 1. The van der Waals surface area contributed by atoms with Gasteiger partial charge in [0.2, 0.25) is 5.91 Å². The number of rotatable bonds is 3. The molecule has 0 unspecified atom stereocenters. The lowest BCUT2D eigenvalue weighted by Crippen LogP contribution is -2.25. The molecule has 0 saturated heterocycles. The SMILES string of the molecule is CN1CCc2nc(NC(=O)Cc3cccc(F)c3)sc2C1. The fourth-order valence-corrected chi connectivity index (χ4v) is 3.48. The van der Waals surface area contributed by atoms with Gasteiger partial charge in [-0.1, -0.05) is 12.1 Å². The Morgan fingerprint density at radius 2 is 2.38 bits per heavy atom. The van der Waals surface area contributed by atoms with Gasteiger partial charge in [-0.2, -0.15) is 0 Å². The van der Waals surface area contributed by atoms with Crippen molar-refractivity contribution in [2.45, 2.75) is 19.4 Å². The van der Waals surface area contributed by atoms with Gasteiger partial charge in [-0.05, 0) is 24.7 Å². The molecular formula is C15H16FN3OS. The van der Waals surface area contributed by atoms with Crippen LogP contribution in [0.4, 0.5) is 9.52 Å². The second-order valence-corrected chi connectivity index (χ2v) is 6.32. The molecular weight excluding hydrogens is 289 g/mol. The smallest absolute Gasteiger partial charge is 0.230 e. The van der Waals surface area contributed by atoms with Gasteiger partial charge in [0.05, 0.1) is 12.1 Å². The average Bonchev–Trinajstić information content (AvgIpc) is 2.79. The van der Waals surface area contributed by atoms with E-state index in [0.717, 1.165) is 25.2 Å². The standard InChI is InChI=1S/C15H16FN3OS/c1-19-6-5-12-13(9-19)21-15(17-12)18-14(20)8-10-3-2-4-11(16)7-10/h2-4,7H,5-6,8-9H2,1H3,(H,17,18,20). The highest BCUT2D eigenvalue weighted by molar-refractivity contribution is 7.15. The Hall–Kier alpha value is -1.79. The summed E-state index contributed by atoms with van der Waals surface area (Å²) in [7, 11) is 2.07. The normalized spacial score (nSPS) is 14.8. The molecule has 2 aromatic rings. The number of halogens is 1. The van der Waals surface area contributed by atoms with Crippen molar-refractivity contribution in [2.24, 2.45) is 0 Å². The van der Waals surface area contributed by atoms with Crippen LogP contribution in [-0.2, 0) is 24.2 Å². The number of fused-ring (bicyclic) bond motifs is 1. The Bertz CT molecular complexity index is 671. The monoisotopic (exact) mass is 305 g/mol. The van der Waals surface area contributed by atoms with Crippen LogP contribution in [-0.4, -0.2) is 29.4 Å². The molecule has 6 heteroatoms. The number of anilines is 1. The summed E-state index contributed by atoms with van der Waals surface area (Å²) in [6, 6.07) is 6.09. The molecule has 4 nitrogen and oxygen atoms in total. The number of carbonyl (C=O) groups excluding carboxylic acids is 1. The van der Waals surface area contributed by atoms with E-state index in [-0.39, 0.29) is 18.1 Å². The minimum Gasteiger partial charge on any atom is -0.302 e. The summed E-state index contributed by atoms with van der Waals surface area (Å²) in [5.74, 6) is -0.492. The molecule has 0 bridgehead atoms. The number of likely N-dealkylation sites (N-methyl/N-ethyl adjacent to an activating group) is 1. The zero-order chi connectivity index (χ0) is 14.8. The van der Waals surface area contributed by atoms with E-state index in [2.05, 4.69) is 22.2 Å². The summed E-state index contributed by atoms with van der Waals surface area (Å²) in [5.41, 5.74) is 1.74. The van der Waals surface area contributed by atoms with E-state index in [4.69, 9.17) is 0 Å². The van der Waals surface area contributed by atoms with E-state index in [1.807, 2.05) is 0 Å². The first-order valence-corrected chi connectivity index (χ1v) is 7.63. The highest BCUT2D eigenvalue weighted by atomic mass is 32.1. The summed E-state index contributed by atoms with van der Waals surface area (Å²) in [6.07, 6.45) is 1.07. The predicted molar refractivity (Wildman–Crippen MR) is 80.9 cm³/mol. The molecule has 0 saturated carbocycles. The van der Waals surface area contributed by atoms with Crippen molar-refractivity contribution in [1.82, 2.24) is 9.88 Å². The number of nitrogens with zero attached hydrogens (tertiary/aromatic N) is 2. The molecule has 0 spiro atoms. The third kappa shape index (κ3) is 3.46. The minimum atomic E-state index is -0.326. The molecule has 0 atom stereocenters. The number of hydrogen-bond donors (Lipinski definition) is 1. The number of hydrogen-bond acceptors (Lipinski definition) is 4. The Kier molecular flexibility index (Phi) is 3.98. The van der Waals surface area contributed by atoms with E-state index in [0.29, 0.717) is 10.7 Å². The average molecular weight is 305 g/mol. The maximum Gasteiger partial charge on any atom is 0.230 e. The molecule has 1 N–H and O–H groups in total. The quantitative estimate of drug-likeness (QED) is 0.947. The molecule has 2 heterocycles. The second kappa shape index (κ2) is 5.91. The molecule has 21 heavy (non-hydrogen) atoms. The number of aromatic nitrogens is 1. The van der Waals surface area contributed by atoms with E-state index in [9.17, 15) is 9.18 Å². The van der Waals surface area contributed by atoms with Crippen LogP contribution in [0.1, 0.15) is 16.1 Å². The van der Waals surface area contributed by atoms with Crippen LogP contribution >= 0.6 is 11.3 Å². The zero-order valence-corrected chi connectivity index (χ0v) is 12.5. The van der Waals surface area contributed by atoms with Crippen molar-refractivity contribution >= 4 is 22.4 Å². The van der Waals surface area contributed by atoms with Gasteiger partial charge in [-0.3, -0.25) is 4.79 Å². The van der Waals surface area contributed by atoms with Gasteiger partial charge in [0.25, 0.3) is 0 Å². The van der Waals surface area contributed by atoms with Crippen molar-refractivity contribution in [2.75, 3.05) is 18.9 Å².